The third-order valence-electron chi connectivity index (χ3n) is 3.22. The van der Waals surface area contributed by atoms with Gasteiger partial charge in [-0.15, -0.1) is 11.3 Å². The molecule has 0 spiro atoms. The van der Waals surface area contributed by atoms with Gasteiger partial charge in [0.15, 0.2) is 0 Å². The first-order chi connectivity index (χ1) is 10.7. The summed E-state index contributed by atoms with van der Waals surface area (Å²) in [5.74, 6) is 0.814. The average molecular weight is 326 g/mol. The van der Waals surface area contributed by atoms with E-state index in [1.807, 2.05) is 54.6 Å². The topological polar surface area (TPSA) is 48.1 Å². The molecule has 0 radical (unpaired) electrons. The quantitative estimate of drug-likeness (QED) is 0.578. The van der Waals surface area contributed by atoms with Gasteiger partial charge < -0.3 is 10.5 Å². The molecule has 0 fully saturated rings. The van der Waals surface area contributed by atoms with E-state index in [4.69, 9.17) is 22.7 Å². The van der Waals surface area contributed by atoms with Gasteiger partial charge in [-0.25, -0.2) is 4.98 Å². The van der Waals surface area contributed by atoms with Crippen molar-refractivity contribution in [2.75, 3.05) is 7.11 Å². The smallest absolute Gasteiger partial charge is 0.127 e. The largest absolute Gasteiger partial charge is 0.497 e. The Morgan fingerprint density at radius 1 is 1.18 bits per heavy atom. The Bertz CT molecular complexity index is 817. The van der Waals surface area contributed by atoms with Gasteiger partial charge in [0.25, 0.3) is 0 Å². The Labute approximate surface area is 138 Å². The molecule has 0 atom stereocenters. The highest BCUT2D eigenvalue weighted by Crippen LogP contribution is 2.28. The number of hydrogen-bond donors (Lipinski definition) is 1. The van der Waals surface area contributed by atoms with Crippen LogP contribution in [0.3, 0.4) is 0 Å². The maximum absolute atomic E-state index is 5.90. The van der Waals surface area contributed by atoms with Crippen molar-refractivity contribution < 1.29 is 4.74 Å². The van der Waals surface area contributed by atoms with E-state index in [-0.39, 0.29) is 0 Å². The molecular formula is C17H14N2OS2. The number of ether oxygens (including phenoxy) is 1. The van der Waals surface area contributed by atoms with Gasteiger partial charge in [0, 0.05) is 5.57 Å². The lowest BCUT2D eigenvalue weighted by atomic mass is 10.1. The molecule has 110 valence electrons. The van der Waals surface area contributed by atoms with E-state index in [1.165, 1.54) is 0 Å². The molecule has 1 heterocycles. The van der Waals surface area contributed by atoms with Crippen LogP contribution >= 0.6 is 23.6 Å². The minimum absolute atomic E-state index is 0.342. The second-order valence-electron chi connectivity index (χ2n) is 4.68. The van der Waals surface area contributed by atoms with Crippen LogP contribution in [0.4, 0.5) is 0 Å². The zero-order valence-corrected chi connectivity index (χ0v) is 13.6. The first-order valence-electron chi connectivity index (χ1n) is 6.69. The van der Waals surface area contributed by atoms with Crippen molar-refractivity contribution >= 4 is 50.4 Å². The van der Waals surface area contributed by atoms with Gasteiger partial charge >= 0.3 is 0 Å². The van der Waals surface area contributed by atoms with Crippen molar-refractivity contribution in [1.82, 2.24) is 4.98 Å². The molecule has 0 aliphatic carbocycles. The van der Waals surface area contributed by atoms with Crippen molar-refractivity contribution in [3.8, 4) is 5.75 Å². The molecule has 0 amide bonds. The van der Waals surface area contributed by atoms with Crippen LogP contribution in [0, 0.1) is 0 Å². The molecule has 2 aromatic carbocycles. The molecule has 0 saturated carbocycles. The van der Waals surface area contributed by atoms with Crippen molar-refractivity contribution in [1.29, 1.82) is 0 Å². The summed E-state index contributed by atoms with van der Waals surface area (Å²) < 4.78 is 6.28. The van der Waals surface area contributed by atoms with Crippen LogP contribution < -0.4 is 10.5 Å². The number of hydrogen-bond acceptors (Lipinski definition) is 4. The summed E-state index contributed by atoms with van der Waals surface area (Å²) >= 11 is 6.79. The molecule has 3 nitrogen and oxygen atoms in total. The number of benzene rings is 2. The van der Waals surface area contributed by atoms with Gasteiger partial charge in [-0.3, -0.25) is 0 Å². The lowest BCUT2D eigenvalue weighted by molar-refractivity contribution is 0.415. The van der Waals surface area contributed by atoms with Gasteiger partial charge in [0.05, 0.1) is 17.3 Å². The van der Waals surface area contributed by atoms with E-state index in [2.05, 4.69) is 4.98 Å². The third kappa shape index (κ3) is 3.00. The summed E-state index contributed by atoms with van der Waals surface area (Å²) in [7, 11) is 1.65. The Morgan fingerprint density at radius 2 is 1.91 bits per heavy atom. The zero-order chi connectivity index (χ0) is 15.5. The van der Waals surface area contributed by atoms with E-state index in [1.54, 1.807) is 18.4 Å². The highest BCUT2D eigenvalue weighted by atomic mass is 32.1. The lowest BCUT2D eigenvalue weighted by Gasteiger charge is -2.03. The van der Waals surface area contributed by atoms with Gasteiger partial charge in [-0.1, -0.05) is 36.5 Å². The zero-order valence-electron chi connectivity index (χ0n) is 11.9. The molecule has 5 heteroatoms. The van der Waals surface area contributed by atoms with E-state index >= 15 is 0 Å². The van der Waals surface area contributed by atoms with Crippen molar-refractivity contribution in [3.05, 3.63) is 59.1 Å². The Balaban J connectivity index is 2.04. The number of para-hydroxylation sites is 1. The normalized spacial score (nSPS) is 11.6. The number of nitrogens with two attached hydrogens (primary N) is 1. The second kappa shape index (κ2) is 6.25. The van der Waals surface area contributed by atoms with E-state index in [9.17, 15) is 0 Å². The fraction of sp³-hybridized carbons (Fsp3) is 0.0588. The number of aromatic nitrogens is 1. The molecule has 3 aromatic rings. The molecule has 22 heavy (non-hydrogen) atoms. The molecule has 0 aliphatic heterocycles. The summed E-state index contributed by atoms with van der Waals surface area (Å²) in [6.45, 7) is 0. The number of rotatable bonds is 4. The van der Waals surface area contributed by atoms with E-state index in [0.717, 1.165) is 32.1 Å². The average Bonchev–Trinajstić information content (AvgIpc) is 2.96. The van der Waals surface area contributed by atoms with Crippen LogP contribution in [0.2, 0.25) is 0 Å². The van der Waals surface area contributed by atoms with Gasteiger partial charge in [-0.05, 0) is 35.9 Å². The van der Waals surface area contributed by atoms with E-state index in [0.29, 0.717) is 4.99 Å². The molecule has 0 bridgehead atoms. The summed E-state index contributed by atoms with van der Waals surface area (Å²) in [6, 6.07) is 15.7. The maximum atomic E-state index is 5.90. The predicted molar refractivity (Wildman–Crippen MR) is 97.3 cm³/mol. The van der Waals surface area contributed by atoms with Crippen LogP contribution in [0.25, 0.3) is 21.9 Å². The Kier molecular flexibility index (Phi) is 4.18. The van der Waals surface area contributed by atoms with Crippen LogP contribution in [0.5, 0.6) is 5.75 Å². The second-order valence-corrected chi connectivity index (χ2v) is 6.15. The lowest BCUT2D eigenvalue weighted by Crippen LogP contribution is -2.10. The Hall–Kier alpha value is -2.24. The molecule has 0 saturated heterocycles. The summed E-state index contributed by atoms with van der Waals surface area (Å²) in [6.07, 6.45) is 1.96. The molecule has 0 unspecified atom stereocenters. The Morgan fingerprint density at radius 3 is 2.55 bits per heavy atom. The number of thiazole rings is 1. The van der Waals surface area contributed by atoms with Crippen LogP contribution in [0.1, 0.15) is 10.6 Å². The number of thiocarbonyl (C=S) groups is 1. The molecule has 2 N–H and O–H groups in total. The van der Waals surface area contributed by atoms with Gasteiger partial charge in [0.1, 0.15) is 15.7 Å². The summed E-state index contributed by atoms with van der Waals surface area (Å²) in [4.78, 5) is 4.96. The van der Waals surface area contributed by atoms with E-state index < -0.39 is 0 Å². The van der Waals surface area contributed by atoms with Gasteiger partial charge in [-0.2, -0.15) is 0 Å². The monoisotopic (exact) mass is 326 g/mol. The number of nitrogens with zero attached hydrogens (tertiary/aromatic N) is 1. The molecular weight excluding hydrogens is 312 g/mol. The third-order valence-corrected chi connectivity index (χ3v) is 4.51. The summed E-state index contributed by atoms with van der Waals surface area (Å²) in [5.41, 5.74) is 8.64. The first-order valence-corrected chi connectivity index (χ1v) is 7.91. The van der Waals surface area contributed by atoms with Crippen molar-refractivity contribution in [3.63, 3.8) is 0 Å². The van der Waals surface area contributed by atoms with Crippen LogP contribution in [-0.2, 0) is 0 Å². The van der Waals surface area contributed by atoms with Crippen LogP contribution in [0.15, 0.2) is 48.5 Å². The molecule has 0 aliphatic rings. The number of methoxy groups -OCH3 is 1. The fourth-order valence-corrected chi connectivity index (χ4v) is 3.31. The van der Waals surface area contributed by atoms with Gasteiger partial charge in [0.2, 0.25) is 0 Å². The van der Waals surface area contributed by atoms with Crippen molar-refractivity contribution in [2.45, 2.75) is 0 Å². The first kappa shape index (κ1) is 14.7. The minimum Gasteiger partial charge on any atom is -0.497 e. The minimum atomic E-state index is 0.342. The molecule has 1 aromatic heterocycles. The summed E-state index contributed by atoms with van der Waals surface area (Å²) in [5, 5.41) is 0.838. The standard InChI is InChI=1S/C17H14N2OS2/c1-20-12-8-6-11(7-9-12)10-13(16(18)21)17-19-14-4-2-3-5-15(14)22-17/h2-10H,1H3,(H2,18,21)/b13-10+. The SMILES string of the molecule is COc1ccc(/C=C(\C(N)=S)c2nc3ccccc3s2)cc1. The van der Waals surface area contributed by atoms with Crippen molar-refractivity contribution in [2.24, 2.45) is 5.73 Å². The molecule has 3 rings (SSSR count). The maximum Gasteiger partial charge on any atom is 0.127 e. The highest BCUT2D eigenvalue weighted by Gasteiger charge is 2.11. The fourth-order valence-electron chi connectivity index (χ4n) is 2.09. The van der Waals surface area contributed by atoms with Crippen LogP contribution in [-0.4, -0.2) is 17.1 Å². The highest BCUT2D eigenvalue weighted by molar-refractivity contribution is 7.81. The predicted octanol–water partition coefficient (Wildman–Crippen LogP) is 4.13. The number of fused-ring (bicyclic) bond motifs is 1.